The monoisotopic (exact) mass is 1150 g/mol. The van der Waals surface area contributed by atoms with E-state index >= 15 is 0 Å². The number of rotatable bonds is 16. The summed E-state index contributed by atoms with van der Waals surface area (Å²) in [6.45, 7) is 3.76. The number of fused-ring (bicyclic) bond motifs is 2. The number of amides is 2. The van der Waals surface area contributed by atoms with Gasteiger partial charge in [0.15, 0.2) is 0 Å². The molecule has 0 aliphatic heterocycles. The molecule has 0 spiro atoms. The summed E-state index contributed by atoms with van der Waals surface area (Å²) in [5.41, 5.74) is 2.73. The minimum Gasteiger partial charge on any atom is -0.480 e. The largest absolute Gasteiger partial charge is 0.480 e. The number of methoxy groups -OCH3 is 2. The highest BCUT2D eigenvalue weighted by Gasteiger charge is 2.23. The summed E-state index contributed by atoms with van der Waals surface area (Å²) in [4.78, 5) is 67.1. The Morgan fingerprint density at radius 3 is 1.26 bits per heavy atom. The molecule has 0 aliphatic carbocycles. The lowest BCUT2D eigenvalue weighted by Crippen LogP contribution is -2.32. The van der Waals surface area contributed by atoms with Gasteiger partial charge in [0.1, 0.15) is 11.4 Å². The molecule has 0 aliphatic rings. The van der Waals surface area contributed by atoms with Crippen molar-refractivity contribution in [3.05, 3.63) is 151 Å². The first-order valence-electron chi connectivity index (χ1n) is 22.5. The van der Waals surface area contributed by atoms with Crippen LogP contribution in [0.25, 0.3) is 44.1 Å². The summed E-state index contributed by atoms with van der Waals surface area (Å²) < 4.78 is 70.3. The normalized spacial score (nSPS) is 12.2. The van der Waals surface area contributed by atoms with E-state index in [1.165, 1.54) is 98.9 Å². The van der Waals surface area contributed by atoms with E-state index < -0.39 is 31.9 Å². The van der Waals surface area contributed by atoms with Crippen molar-refractivity contribution in [1.82, 2.24) is 39.7 Å². The van der Waals surface area contributed by atoms with Gasteiger partial charge in [-0.25, -0.2) is 36.8 Å². The summed E-state index contributed by atoms with van der Waals surface area (Å²) in [7, 11) is -2.32. The lowest BCUT2D eigenvalue weighted by molar-refractivity contribution is -0.125. The van der Waals surface area contributed by atoms with Gasteiger partial charge in [0.2, 0.25) is 23.6 Å². The van der Waals surface area contributed by atoms with Gasteiger partial charge in [0.05, 0.1) is 90.4 Å². The molecule has 8 rings (SSSR count). The standard InChI is InChI=1S/2C25H23Cl2N5O5S/c2*1-14(23(33)28-2)12-32-13-30-21-7-4-15(8-18(21)25(32)34)16-9-22(24(37-3)29-11-16)31-38(35,36)17-5-6-19(26)20(27)10-17/h2*4-11,13-14,31H,12H2,1-3H3,(H,28,33)/t2*14-/m10/s1. The van der Waals surface area contributed by atoms with E-state index in [1.54, 1.807) is 62.4 Å². The van der Waals surface area contributed by atoms with Crippen molar-refractivity contribution in [3.8, 4) is 34.0 Å². The van der Waals surface area contributed by atoms with Crippen molar-refractivity contribution in [2.24, 2.45) is 11.8 Å². The molecule has 0 saturated heterocycles. The molecule has 4 aromatic carbocycles. The zero-order valence-electron chi connectivity index (χ0n) is 41.1. The Morgan fingerprint density at radius 2 is 0.921 bits per heavy atom. The fraction of sp³-hybridized carbons (Fsp3) is 0.200. The molecule has 20 nitrogen and oxygen atoms in total. The molecule has 2 amide bonds. The van der Waals surface area contributed by atoms with E-state index in [0.717, 1.165) is 0 Å². The van der Waals surface area contributed by atoms with Gasteiger partial charge in [0.25, 0.3) is 31.2 Å². The van der Waals surface area contributed by atoms with Crippen LogP contribution in [-0.4, -0.2) is 86.0 Å². The number of sulfonamides is 2. The van der Waals surface area contributed by atoms with E-state index in [2.05, 4.69) is 40.0 Å². The first kappa shape index (κ1) is 56.4. The van der Waals surface area contributed by atoms with Gasteiger partial charge >= 0.3 is 0 Å². The van der Waals surface area contributed by atoms with E-state index in [0.29, 0.717) is 44.1 Å². The van der Waals surface area contributed by atoms with Crippen molar-refractivity contribution >= 4 is 111 Å². The Bertz CT molecular complexity index is 3670. The van der Waals surface area contributed by atoms with Gasteiger partial charge in [0, 0.05) is 50.7 Å². The van der Waals surface area contributed by atoms with Gasteiger partial charge in [-0.05, 0) is 83.9 Å². The highest BCUT2D eigenvalue weighted by molar-refractivity contribution is 7.93. The maximum atomic E-state index is 13.2. The van der Waals surface area contributed by atoms with E-state index in [-0.39, 0.29) is 89.0 Å². The molecule has 4 aromatic heterocycles. The van der Waals surface area contributed by atoms with Crippen LogP contribution < -0.4 is 40.7 Å². The van der Waals surface area contributed by atoms with Crippen LogP contribution in [0.3, 0.4) is 0 Å². The van der Waals surface area contributed by atoms with Gasteiger partial charge in [-0.15, -0.1) is 0 Å². The third kappa shape index (κ3) is 12.7. The number of nitrogens with one attached hydrogen (secondary N) is 4. The molecule has 0 radical (unpaired) electrons. The average molecular weight is 1150 g/mol. The Balaban J connectivity index is 0.000000221. The number of halogens is 4. The molecule has 2 atom stereocenters. The minimum absolute atomic E-state index is 0.0467. The second-order valence-electron chi connectivity index (χ2n) is 16.8. The molecular weight excluding hydrogens is 1110 g/mol. The fourth-order valence-corrected chi connectivity index (χ4v) is 10.4. The Kier molecular flexibility index (Phi) is 17.6. The zero-order chi connectivity index (χ0) is 55.2. The van der Waals surface area contributed by atoms with Crippen molar-refractivity contribution < 1.29 is 35.9 Å². The van der Waals surface area contributed by atoms with Crippen molar-refractivity contribution in [2.45, 2.75) is 36.7 Å². The number of carbonyl (C=O) groups excluding carboxylic acids is 2. The molecule has 0 bridgehead atoms. The molecular formula is C50H46Cl4N10O10S2. The first-order valence-corrected chi connectivity index (χ1v) is 27.0. The molecule has 0 unspecified atom stereocenters. The molecule has 8 aromatic rings. The van der Waals surface area contributed by atoms with Crippen LogP contribution in [-0.2, 0) is 42.7 Å². The summed E-state index contributed by atoms with van der Waals surface area (Å²) in [6, 6.07) is 21.1. The van der Waals surface area contributed by atoms with Crippen molar-refractivity contribution in [3.63, 3.8) is 0 Å². The molecule has 4 heterocycles. The van der Waals surface area contributed by atoms with E-state index in [9.17, 15) is 36.0 Å². The van der Waals surface area contributed by atoms with Crippen LogP contribution in [0.2, 0.25) is 20.1 Å². The van der Waals surface area contributed by atoms with Gasteiger partial charge in [-0.3, -0.25) is 37.8 Å². The molecule has 0 fully saturated rings. The Labute approximate surface area is 455 Å². The smallest absolute Gasteiger partial charge is 0.262 e. The van der Waals surface area contributed by atoms with Crippen LogP contribution in [0, 0.1) is 11.8 Å². The van der Waals surface area contributed by atoms with Crippen molar-refractivity contribution in [1.29, 1.82) is 0 Å². The van der Waals surface area contributed by atoms with Gasteiger partial charge in [-0.2, -0.15) is 0 Å². The second kappa shape index (κ2) is 23.7. The Morgan fingerprint density at radius 1 is 0.539 bits per heavy atom. The predicted octanol–water partition coefficient (Wildman–Crippen LogP) is 7.91. The number of nitrogens with zero attached hydrogens (tertiary/aromatic N) is 6. The number of anilines is 2. The predicted molar refractivity (Wildman–Crippen MR) is 293 cm³/mol. The van der Waals surface area contributed by atoms with Crippen LogP contribution in [0.15, 0.2) is 129 Å². The van der Waals surface area contributed by atoms with E-state index in [1.807, 2.05) is 0 Å². The maximum absolute atomic E-state index is 13.2. The highest BCUT2D eigenvalue weighted by atomic mass is 35.5. The quantitative estimate of drug-likeness (QED) is 0.0717. The van der Waals surface area contributed by atoms with Gasteiger partial charge in [-0.1, -0.05) is 72.4 Å². The maximum Gasteiger partial charge on any atom is 0.262 e. The molecule has 0 saturated carbocycles. The number of aromatic nitrogens is 6. The van der Waals surface area contributed by atoms with Crippen LogP contribution in [0.4, 0.5) is 11.4 Å². The van der Waals surface area contributed by atoms with Crippen LogP contribution in [0.5, 0.6) is 11.8 Å². The number of carbonyl (C=O) groups is 2. The number of benzene rings is 4. The number of pyridine rings is 2. The number of hydrogen-bond donors (Lipinski definition) is 4. The van der Waals surface area contributed by atoms with Crippen LogP contribution >= 0.6 is 46.4 Å². The number of ether oxygens (including phenoxy) is 2. The van der Waals surface area contributed by atoms with Crippen molar-refractivity contribution in [2.75, 3.05) is 37.8 Å². The third-order valence-corrected chi connectivity index (χ3v) is 15.8. The Hall–Kier alpha value is -7.34. The summed E-state index contributed by atoms with van der Waals surface area (Å²) in [6.07, 6.45) is 5.82. The zero-order valence-corrected chi connectivity index (χ0v) is 45.7. The first-order chi connectivity index (χ1) is 36.1. The lowest BCUT2D eigenvalue weighted by atomic mass is 10.0. The lowest BCUT2D eigenvalue weighted by Gasteiger charge is -2.14. The summed E-state index contributed by atoms with van der Waals surface area (Å²) in [5.74, 6) is -1.15. The second-order valence-corrected chi connectivity index (χ2v) is 21.8. The highest BCUT2D eigenvalue weighted by Crippen LogP contribution is 2.34. The minimum atomic E-state index is -4.06. The molecule has 76 heavy (non-hydrogen) atoms. The summed E-state index contributed by atoms with van der Waals surface area (Å²) >= 11 is 23.8. The number of hydrogen-bond acceptors (Lipinski definition) is 14. The molecule has 4 N–H and O–H groups in total. The summed E-state index contributed by atoms with van der Waals surface area (Å²) in [5, 5.41) is 6.43. The third-order valence-electron chi connectivity index (χ3n) is 11.6. The topological polar surface area (TPSA) is 265 Å². The fourth-order valence-electron chi connectivity index (χ4n) is 7.57. The molecule has 26 heteroatoms. The average Bonchev–Trinajstić information content (AvgIpc) is 3.40. The van der Waals surface area contributed by atoms with Gasteiger partial charge < -0.3 is 20.1 Å². The SMILES string of the molecule is CNC(=O)[C@@H](C)Cn1cnc2ccc(-c3cnc(OC)c(NS(=O)(=O)c4ccc(Cl)c(Cl)c4)c3)cc2c1=O.CNC(=O)[C@H](C)Cn1cnc2ccc(-c3cnc(OC)c(NS(=O)(=O)c4ccc(Cl)c(Cl)c4)c3)cc2c1=O. The molecule has 396 valence electrons. The van der Waals surface area contributed by atoms with E-state index in [4.69, 9.17) is 55.9 Å². The van der Waals surface area contributed by atoms with Crippen LogP contribution in [0.1, 0.15) is 13.8 Å².